The molecule has 0 amide bonds. The van der Waals surface area contributed by atoms with Crippen LogP contribution in [0.3, 0.4) is 0 Å². The van der Waals surface area contributed by atoms with Gasteiger partial charge in [-0.3, -0.25) is 0 Å². The van der Waals surface area contributed by atoms with Crippen molar-refractivity contribution in [2.45, 2.75) is 37.5 Å². The van der Waals surface area contributed by atoms with E-state index in [1.807, 2.05) is 25.1 Å². The fraction of sp³-hybridized carbons (Fsp3) is 0.375. The third kappa shape index (κ3) is 3.31. The van der Waals surface area contributed by atoms with Gasteiger partial charge in [0.1, 0.15) is 10.9 Å². The average molecular weight is 337 g/mol. The second kappa shape index (κ2) is 6.34. The lowest BCUT2D eigenvalue weighted by atomic mass is 10.2. The molecule has 116 valence electrons. The number of fused-ring (bicyclic) bond motifs is 1. The lowest BCUT2D eigenvalue weighted by Gasteiger charge is -2.09. The number of nitrogens with zero attached hydrogens (tertiary/aromatic N) is 2. The molecule has 0 spiro atoms. The van der Waals surface area contributed by atoms with Gasteiger partial charge in [0.2, 0.25) is 6.79 Å². The van der Waals surface area contributed by atoms with Gasteiger partial charge < -0.3 is 9.47 Å². The molecule has 0 radical (unpaired) electrons. The molecule has 1 aromatic heterocycles. The van der Waals surface area contributed by atoms with Crippen molar-refractivity contribution in [3.63, 3.8) is 0 Å². The van der Waals surface area contributed by atoms with Crippen LogP contribution in [-0.2, 0) is 5.75 Å². The number of thioether (sulfide) groups is 1. The quantitative estimate of drug-likeness (QED) is 0.604. The van der Waals surface area contributed by atoms with Crippen LogP contribution in [0.2, 0.25) is 5.02 Å². The molecule has 2 aromatic rings. The summed E-state index contributed by atoms with van der Waals surface area (Å²) in [7, 11) is 0. The molecule has 0 bridgehead atoms. The first-order valence-electron chi connectivity index (χ1n) is 7.09. The summed E-state index contributed by atoms with van der Waals surface area (Å²) >= 11 is 7.95. The first kappa shape index (κ1) is 15.4. The number of halogens is 1. The van der Waals surface area contributed by atoms with Crippen molar-refractivity contribution in [3.05, 3.63) is 40.3 Å². The zero-order chi connectivity index (χ0) is 15.7. The maximum absolute atomic E-state index is 6.31. The molecular formula is C16H17ClN2O2S. The molecule has 0 saturated carbocycles. The van der Waals surface area contributed by atoms with Gasteiger partial charge in [-0.2, -0.15) is 0 Å². The Bertz CT molecular complexity index is 707. The number of aromatic nitrogens is 2. The predicted octanol–water partition coefficient (Wildman–Crippen LogP) is 4.58. The summed E-state index contributed by atoms with van der Waals surface area (Å²) in [6.45, 7) is 6.44. The molecule has 0 atom stereocenters. The van der Waals surface area contributed by atoms with Gasteiger partial charge >= 0.3 is 0 Å². The van der Waals surface area contributed by atoms with Gasteiger partial charge in [-0.05, 0) is 24.6 Å². The highest BCUT2D eigenvalue weighted by molar-refractivity contribution is 7.98. The second-order valence-electron chi connectivity index (χ2n) is 5.45. The van der Waals surface area contributed by atoms with Crippen LogP contribution in [0, 0.1) is 6.92 Å². The zero-order valence-corrected chi connectivity index (χ0v) is 14.3. The highest BCUT2D eigenvalue weighted by atomic mass is 35.5. The largest absolute Gasteiger partial charge is 0.454 e. The minimum Gasteiger partial charge on any atom is -0.454 e. The van der Waals surface area contributed by atoms with E-state index < -0.39 is 0 Å². The zero-order valence-electron chi connectivity index (χ0n) is 12.7. The molecule has 1 aromatic carbocycles. The van der Waals surface area contributed by atoms with Crippen LogP contribution < -0.4 is 9.47 Å². The molecule has 0 unspecified atom stereocenters. The van der Waals surface area contributed by atoms with E-state index >= 15 is 0 Å². The molecule has 0 aliphatic carbocycles. The summed E-state index contributed by atoms with van der Waals surface area (Å²) in [5, 5.41) is 1.65. The Labute approximate surface area is 139 Å². The number of hydrogen-bond acceptors (Lipinski definition) is 5. The van der Waals surface area contributed by atoms with E-state index in [1.54, 1.807) is 11.8 Å². The van der Waals surface area contributed by atoms with Gasteiger partial charge in [0.05, 0.1) is 0 Å². The van der Waals surface area contributed by atoms with Crippen LogP contribution in [0.1, 0.15) is 36.8 Å². The molecule has 3 rings (SSSR count). The van der Waals surface area contributed by atoms with Gasteiger partial charge in [-0.1, -0.05) is 25.4 Å². The number of benzene rings is 1. The smallest absolute Gasteiger partial charge is 0.231 e. The van der Waals surface area contributed by atoms with E-state index in [9.17, 15) is 0 Å². The van der Waals surface area contributed by atoms with Crippen LogP contribution in [0.15, 0.2) is 23.2 Å². The van der Waals surface area contributed by atoms with Crippen LogP contribution in [0.25, 0.3) is 0 Å². The minimum absolute atomic E-state index is 0.255. The van der Waals surface area contributed by atoms with Crippen molar-refractivity contribution in [1.82, 2.24) is 9.97 Å². The van der Waals surface area contributed by atoms with Crippen LogP contribution in [-0.4, -0.2) is 16.8 Å². The summed E-state index contributed by atoms with van der Waals surface area (Å²) in [4.78, 5) is 9.07. The van der Waals surface area contributed by atoms with Gasteiger partial charge in [0.15, 0.2) is 11.5 Å². The fourth-order valence-corrected chi connectivity index (χ4v) is 3.37. The Morgan fingerprint density at radius 1 is 1.18 bits per heavy atom. The van der Waals surface area contributed by atoms with Crippen molar-refractivity contribution in [2.75, 3.05) is 6.79 Å². The lowest BCUT2D eigenvalue weighted by Crippen LogP contribution is -2.00. The van der Waals surface area contributed by atoms with Crippen LogP contribution in [0.5, 0.6) is 11.5 Å². The fourth-order valence-electron chi connectivity index (χ4n) is 2.12. The first-order chi connectivity index (χ1) is 10.5. The Morgan fingerprint density at radius 3 is 2.64 bits per heavy atom. The Hall–Kier alpha value is -1.46. The summed E-state index contributed by atoms with van der Waals surface area (Å²) in [6, 6.07) is 5.75. The number of rotatable bonds is 4. The number of hydrogen-bond donors (Lipinski definition) is 0. The average Bonchev–Trinajstić information content (AvgIpc) is 2.91. The molecule has 0 fully saturated rings. The van der Waals surface area contributed by atoms with Crippen molar-refractivity contribution in [3.8, 4) is 11.5 Å². The Kier molecular flexibility index (Phi) is 4.45. The van der Waals surface area contributed by atoms with E-state index in [2.05, 4.69) is 23.8 Å². The van der Waals surface area contributed by atoms with Crippen molar-refractivity contribution in [1.29, 1.82) is 0 Å². The Morgan fingerprint density at radius 2 is 1.91 bits per heavy atom. The standard InChI is InChI=1S/C16H17ClN2O2S/c1-9(2)16-18-10(3)4-15(19-16)22-7-11-5-13-14(6-12(11)17)21-8-20-13/h4-6,9H,7-8H2,1-3H3. The molecule has 0 saturated heterocycles. The number of aryl methyl sites for hydroxylation is 1. The normalized spacial score (nSPS) is 13.0. The molecule has 6 heteroatoms. The third-order valence-corrected chi connectivity index (χ3v) is 4.59. The number of ether oxygens (including phenoxy) is 2. The lowest BCUT2D eigenvalue weighted by molar-refractivity contribution is 0.174. The minimum atomic E-state index is 0.255. The first-order valence-corrected chi connectivity index (χ1v) is 8.45. The van der Waals surface area contributed by atoms with Crippen molar-refractivity contribution in [2.24, 2.45) is 0 Å². The van der Waals surface area contributed by atoms with Crippen LogP contribution in [0.4, 0.5) is 0 Å². The van der Waals surface area contributed by atoms with E-state index in [0.29, 0.717) is 16.7 Å². The SMILES string of the molecule is Cc1cc(SCc2cc3c(cc2Cl)OCO3)nc(C(C)C)n1. The van der Waals surface area contributed by atoms with E-state index in [0.717, 1.165) is 33.6 Å². The van der Waals surface area contributed by atoms with E-state index in [1.165, 1.54) is 0 Å². The predicted molar refractivity (Wildman–Crippen MR) is 88.0 cm³/mol. The molecule has 2 heterocycles. The summed E-state index contributed by atoms with van der Waals surface area (Å²) in [6.07, 6.45) is 0. The molecular weight excluding hydrogens is 320 g/mol. The molecule has 1 aliphatic rings. The van der Waals surface area contributed by atoms with E-state index in [-0.39, 0.29) is 6.79 Å². The maximum Gasteiger partial charge on any atom is 0.231 e. The van der Waals surface area contributed by atoms with Gasteiger partial charge in [0, 0.05) is 28.5 Å². The van der Waals surface area contributed by atoms with Crippen molar-refractivity contribution >= 4 is 23.4 Å². The molecule has 22 heavy (non-hydrogen) atoms. The van der Waals surface area contributed by atoms with Crippen molar-refractivity contribution < 1.29 is 9.47 Å². The molecule has 0 N–H and O–H groups in total. The second-order valence-corrected chi connectivity index (χ2v) is 6.85. The summed E-state index contributed by atoms with van der Waals surface area (Å²) < 4.78 is 10.7. The summed E-state index contributed by atoms with van der Waals surface area (Å²) in [5.74, 6) is 3.37. The maximum atomic E-state index is 6.31. The van der Waals surface area contributed by atoms with Crippen LogP contribution >= 0.6 is 23.4 Å². The monoisotopic (exact) mass is 336 g/mol. The Balaban J connectivity index is 1.78. The highest BCUT2D eigenvalue weighted by Gasteiger charge is 2.17. The molecule has 1 aliphatic heterocycles. The summed E-state index contributed by atoms with van der Waals surface area (Å²) in [5.41, 5.74) is 2.00. The highest BCUT2D eigenvalue weighted by Crippen LogP contribution is 2.38. The van der Waals surface area contributed by atoms with Gasteiger partial charge in [0.25, 0.3) is 0 Å². The van der Waals surface area contributed by atoms with E-state index in [4.69, 9.17) is 21.1 Å². The van der Waals surface area contributed by atoms with Gasteiger partial charge in [-0.25, -0.2) is 9.97 Å². The van der Waals surface area contributed by atoms with Gasteiger partial charge in [-0.15, -0.1) is 11.8 Å². The topological polar surface area (TPSA) is 44.2 Å². The third-order valence-electron chi connectivity index (χ3n) is 3.28. The molecule has 4 nitrogen and oxygen atoms in total.